The van der Waals surface area contributed by atoms with Crippen molar-refractivity contribution >= 4 is 11.5 Å². The molecule has 0 saturated heterocycles. The summed E-state index contributed by atoms with van der Waals surface area (Å²) >= 11 is 0. The third-order valence-electron chi connectivity index (χ3n) is 3.00. The smallest absolute Gasteiger partial charge is 0.166 e. The molecule has 98 valence electrons. The normalized spacial score (nSPS) is 10.2. The number of nitrogen functional groups attached to an aromatic ring is 1. The summed E-state index contributed by atoms with van der Waals surface area (Å²) in [6.45, 7) is 0. The number of hydrogen-bond donors (Lipinski definition) is 1. The number of Topliss-reactive ketones (excluding diaryl/α,β-unsaturated/α-hetero) is 1. The maximum atomic E-state index is 12.2. The molecule has 3 heteroatoms. The molecule has 0 atom stereocenters. The van der Waals surface area contributed by atoms with Gasteiger partial charge in [0, 0.05) is 12.1 Å². The summed E-state index contributed by atoms with van der Waals surface area (Å²) in [5.74, 6) is 0.708. The van der Waals surface area contributed by atoms with Crippen molar-refractivity contribution in [1.29, 1.82) is 0 Å². The van der Waals surface area contributed by atoms with Gasteiger partial charge in [-0.15, -0.1) is 0 Å². The first-order valence-electron chi connectivity index (χ1n) is 6.21. The lowest BCUT2D eigenvalue weighted by atomic mass is 10.0. The van der Waals surface area contributed by atoms with Crippen LogP contribution in [-0.4, -0.2) is 12.9 Å². The fraction of sp³-hybridized carbons (Fsp3) is 0.188. The largest absolute Gasteiger partial charge is 0.496 e. The summed E-state index contributed by atoms with van der Waals surface area (Å²) in [5, 5.41) is 0. The van der Waals surface area contributed by atoms with Crippen molar-refractivity contribution in [2.75, 3.05) is 12.8 Å². The third kappa shape index (κ3) is 3.35. The van der Waals surface area contributed by atoms with Crippen molar-refractivity contribution in [3.8, 4) is 5.75 Å². The maximum Gasteiger partial charge on any atom is 0.166 e. The Morgan fingerprint density at radius 3 is 2.68 bits per heavy atom. The summed E-state index contributed by atoms with van der Waals surface area (Å²) in [4.78, 5) is 12.2. The van der Waals surface area contributed by atoms with E-state index >= 15 is 0 Å². The standard InChI is InChI=1S/C16H17NO2/c1-19-16-8-3-2-7-14(16)15(18)10-9-12-5-4-6-13(17)11-12/h2-8,11H,9-10,17H2,1H3. The average molecular weight is 255 g/mol. The molecule has 0 amide bonds. The van der Waals surface area contributed by atoms with Gasteiger partial charge in [-0.25, -0.2) is 0 Å². The van der Waals surface area contributed by atoms with Crippen LogP contribution in [0.5, 0.6) is 5.75 Å². The van der Waals surface area contributed by atoms with E-state index in [1.807, 2.05) is 36.4 Å². The number of aryl methyl sites for hydroxylation is 1. The zero-order valence-corrected chi connectivity index (χ0v) is 10.9. The zero-order chi connectivity index (χ0) is 13.7. The highest BCUT2D eigenvalue weighted by molar-refractivity contribution is 5.98. The Kier molecular flexibility index (Phi) is 4.18. The quantitative estimate of drug-likeness (QED) is 0.659. The molecule has 0 fully saturated rings. The van der Waals surface area contributed by atoms with Crippen LogP contribution >= 0.6 is 0 Å². The fourth-order valence-electron chi connectivity index (χ4n) is 2.02. The molecule has 0 aliphatic carbocycles. The molecule has 0 unspecified atom stereocenters. The van der Waals surface area contributed by atoms with E-state index in [4.69, 9.17) is 10.5 Å². The van der Waals surface area contributed by atoms with E-state index in [0.717, 1.165) is 11.3 Å². The number of anilines is 1. The van der Waals surface area contributed by atoms with Gasteiger partial charge in [0.2, 0.25) is 0 Å². The van der Waals surface area contributed by atoms with Crippen LogP contribution in [0.25, 0.3) is 0 Å². The summed E-state index contributed by atoms with van der Waals surface area (Å²) in [7, 11) is 1.57. The van der Waals surface area contributed by atoms with E-state index in [1.165, 1.54) is 0 Å². The molecule has 19 heavy (non-hydrogen) atoms. The van der Waals surface area contributed by atoms with Gasteiger partial charge in [0.1, 0.15) is 5.75 Å². The van der Waals surface area contributed by atoms with Crippen molar-refractivity contribution in [2.45, 2.75) is 12.8 Å². The molecule has 0 saturated carbocycles. The Hall–Kier alpha value is -2.29. The van der Waals surface area contributed by atoms with Gasteiger partial charge in [-0.3, -0.25) is 4.79 Å². The third-order valence-corrected chi connectivity index (χ3v) is 3.00. The number of ether oxygens (including phenoxy) is 1. The Balaban J connectivity index is 2.05. The number of carbonyl (C=O) groups excluding carboxylic acids is 1. The van der Waals surface area contributed by atoms with Gasteiger partial charge in [0.05, 0.1) is 12.7 Å². The van der Waals surface area contributed by atoms with Crippen LogP contribution in [0.15, 0.2) is 48.5 Å². The summed E-state index contributed by atoms with van der Waals surface area (Å²) in [5.41, 5.74) is 8.15. The second-order valence-corrected chi connectivity index (χ2v) is 4.37. The van der Waals surface area contributed by atoms with Crippen molar-refractivity contribution in [3.63, 3.8) is 0 Å². The van der Waals surface area contributed by atoms with Crippen LogP contribution < -0.4 is 10.5 Å². The highest BCUT2D eigenvalue weighted by Gasteiger charge is 2.11. The van der Waals surface area contributed by atoms with Gasteiger partial charge in [0.15, 0.2) is 5.78 Å². The zero-order valence-electron chi connectivity index (χ0n) is 10.9. The Labute approximate surface area is 113 Å². The molecular weight excluding hydrogens is 238 g/mol. The Bertz CT molecular complexity index is 578. The summed E-state index contributed by atoms with van der Waals surface area (Å²) in [6, 6.07) is 14.9. The van der Waals surface area contributed by atoms with Crippen LogP contribution in [0, 0.1) is 0 Å². The SMILES string of the molecule is COc1ccccc1C(=O)CCc1cccc(N)c1. The summed E-state index contributed by atoms with van der Waals surface area (Å²) in [6.07, 6.45) is 1.13. The van der Waals surface area contributed by atoms with Gasteiger partial charge in [-0.2, -0.15) is 0 Å². The molecule has 2 rings (SSSR count). The van der Waals surface area contributed by atoms with Crippen molar-refractivity contribution < 1.29 is 9.53 Å². The Morgan fingerprint density at radius 1 is 1.16 bits per heavy atom. The highest BCUT2D eigenvalue weighted by atomic mass is 16.5. The van der Waals surface area contributed by atoms with E-state index in [1.54, 1.807) is 19.2 Å². The van der Waals surface area contributed by atoms with E-state index in [-0.39, 0.29) is 5.78 Å². The molecule has 0 aromatic heterocycles. The number of carbonyl (C=O) groups is 1. The van der Waals surface area contributed by atoms with Gasteiger partial charge in [-0.1, -0.05) is 24.3 Å². The first-order chi connectivity index (χ1) is 9.20. The number of rotatable bonds is 5. The molecular formula is C16H17NO2. The number of ketones is 1. The molecule has 0 aliphatic rings. The maximum absolute atomic E-state index is 12.2. The van der Waals surface area contributed by atoms with E-state index in [9.17, 15) is 4.79 Å². The lowest BCUT2D eigenvalue weighted by Crippen LogP contribution is -2.03. The molecule has 0 bridgehead atoms. The van der Waals surface area contributed by atoms with Gasteiger partial charge in [-0.05, 0) is 36.2 Å². The van der Waals surface area contributed by atoms with E-state index < -0.39 is 0 Å². The lowest BCUT2D eigenvalue weighted by Gasteiger charge is -2.07. The number of benzene rings is 2. The number of para-hydroxylation sites is 1. The topological polar surface area (TPSA) is 52.3 Å². The van der Waals surface area contributed by atoms with Gasteiger partial charge >= 0.3 is 0 Å². The fourth-order valence-corrected chi connectivity index (χ4v) is 2.02. The average Bonchev–Trinajstić information content (AvgIpc) is 2.45. The first-order valence-corrected chi connectivity index (χ1v) is 6.21. The van der Waals surface area contributed by atoms with Crippen LogP contribution in [-0.2, 0) is 6.42 Å². The first kappa shape index (κ1) is 13.1. The number of hydrogen-bond acceptors (Lipinski definition) is 3. The van der Waals surface area contributed by atoms with Crippen LogP contribution in [0.4, 0.5) is 5.69 Å². The van der Waals surface area contributed by atoms with Gasteiger partial charge < -0.3 is 10.5 Å². The van der Waals surface area contributed by atoms with E-state index in [0.29, 0.717) is 24.2 Å². The highest BCUT2D eigenvalue weighted by Crippen LogP contribution is 2.20. The van der Waals surface area contributed by atoms with Crippen molar-refractivity contribution in [1.82, 2.24) is 0 Å². The Morgan fingerprint density at radius 2 is 1.95 bits per heavy atom. The molecule has 3 nitrogen and oxygen atoms in total. The van der Waals surface area contributed by atoms with Crippen molar-refractivity contribution in [3.05, 3.63) is 59.7 Å². The molecule has 0 aliphatic heterocycles. The van der Waals surface area contributed by atoms with Crippen LogP contribution in [0.3, 0.4) is 0 Å². The molecule has 2 aromatic rings. The molecule has 0 heterocycles. The minimum atomic E-state index is 0.0832. The molecule has 2 N–H and O–H groups in total. The molecule has 0 radical (unpaired) electrons. The van der Waals surface area contributed by atoms with E-state index in [2.05, 4.69) is 0 Å². The predicted molar refractivity (Wildman–Crippen MR) is 76.5 cm³/mol. The second-order valence-electron chi connectivity index (χ2n) is 4.37. The van der Waals surface area contributed by atoms with Crippen LogP contribution in [0.1, 0.15) is 22.3 Å². The predicted octanol–water partition coefficient (Wildman–Crippen LogP) is 3.09. The number of nitrogens with two attached hydrogens (primary N) is 1. The van der Waals surface area contributed by atoms with Gasteiger partial charge in [0.25, 0.3) is 0 Å². The summed E-state index contributed by atoms with van der Waals surface area (Å²) < 4.78 is 5.20. The number of methoxy groups -OCH3 is 1. The minimum Gasteiger partial charge on any atom is -0.496 e. The molecule has 0 spiro atoms. The lowest BCUT2D eigenvalue weighted by molar-refractivity contribution is 0.0980. The van der Waals surface area contributed by atoms with Crippen LogP contribution in [0.2, 0.25) is 0 Å². The van der Waals surface area contributed by atoms with Crippen molar-refractivity contribution in [2.24, 2.45) is 0 Å². The minimum absolute atomic E-state index is 0.0832. The molecule has 2 aromatic carbocycles. The monoisotopic (exact) mass is 255 g/mol. The second kappa shape index (κ2) is 6.05.